The molecule has 0 aromatic heterocycles. The molecule has 2 aromatic carbocycles. The van der Waals surface area contributed by atoms with Gasteiger partial charge in [-0.1, -0.05) is 30.3 Å². The van der Waals surface area contributed by atoms with Crippen molar-refractivity contribution in [3.63, 3.8) is 0 Å². The first-order valence-electron chi connectivity index (χ1n) is 7.49. The van der Waals surface area contributed by atoms with Crippen molar-refractivity contribution in [3.05, 3.63) is 69.8 Å². The topological polar surface area (TPSA) is 54.4 Å². The van der Waals surface area contributed by atoms with E-state index in [9.17, 15) is 14.7 Å². The highest BCUT2D eigenvalue weighted by Crippen LogP contribution is 2.31. The molecule has 1 atom stereocenters. The van der Waals surface area contributed by atoms with E-state index in [0.717, 1.165) is 11.1 Å². The average molecular weight is 294 g/mol. The van der Waals surface area contributed by atoms with Crippen molar-refractivity contribution in [3.8, 4) is 0 Å². The van der Waals surface area contributed by atoms with Crippen molar-refractivity contribution in [2.24, 2.45) is 0 Å². The number of aliphatic hydroxyl groups is 1. The number of hydrogen-bond donors (Lipinski definition) is 1. The molecule has 0 bridgehead atoms. The summed E-state index contributed by atoms with van der Waals surface area (Å²) in [5.74, 6) is -0.169. The summed E-state index contributed by atoms with van der Waals surface area (Å²) in [7, 11) is 0. The Kier molecular flexibility index (Phi) is 3.67. The number of fused-ring (bicyclic) bond motifs is 2. The van der Waals surface area contributed by atoms with E-state index >= 15 is 0 Å². The highest BCUT2D eigenvalue weighted by atomic mass is 16.3. The molecule has 0 heterocycles. The molecule has 22 heavy (non-hydrogen) atoms. The van der Waals surface area contributed by atoms with Crippen molar-refractivity contribution in [1.29, 1.82) is 0 Å². The Bertz CT molecular complexity index is 772. The van der Waals surface area contributed by atoms with Crippen molar-refractivity contribution in [2.75, 3.05) is 0 Å². The number of ketones is 2. The zero-order valence-corrected chi connectivity index (χ0v) is 12.7. The molecule has 0 fully saturated rings. The smallest absolute Gasteiger partial charge is 0.194 e. The van der Waals surface area contributed by atoms with Crippen LogP contribution in [0.25, 0.3) is 0 Å². The first kappa shape index (κ1) is 14.7. The number of aliphatic hydroxyl groups excluding tert-OH is 1. The molecule has 2 aromatic rings. The van der Waals surface area contributed by atoms with Gasteiger partial charge >= 0.3 is 0 Å². The number of carbonyl (C=O) groups excluding carboxylic acids is 2. The number of rotatable bonds is 3. The predicted octanol–water partition coefficient (Wildman–Crippen LogP) is 3.08. The van der Waals surface area contributed by atoms with E-state index in [1.807, 2.05) is 13.0 Å². The van der Waals surface area contributed by atoms with Crippen molar-refractivity contribution >= 4 is 11.6 Å². The van der Waals surface area contributed by atoms with Crippen molar-refractivity contribution in [2.45, 2.75) is 32.8 Å². The molecule has 3 heteroatoms. The molecule has 3 rings (SSSR count). The Labute approximate surface area is 129 Å². The minimum Gasteiger partial charge on any atom is -0.393 e. The lowest BCUT2D eigenvalue weighted by molar-refractivity contribution is 0.0978. The summed E-state index contributed by atoms with van der Waals surface area (Å²) in [4.78, 5) is 25.4. The average Bonchev–Trinajstić information content (AvgIpc) is 2.51. The highest BCUT2D eigenvalue weighted by Gasteiger charge is 2.31. The summed E-state index contributed by atoms with van der Waals surface area (Å²) in [5, 5.41) is 9.45. The van der Waals surface area contributed by atoms with Gasteiger partial charge in [0, 0.05) is 22.3 Å². The summed E-state index contributed by atoms with van der Waals surface area (Å²) >= 11 is 0. The molecule has 0 saturated heterocycles. The molecule has 0 spiro atoms. The fourth-order valence-electron chi connectivity index (χ4n) is 3.03. The lowest BCUT2D eigenvalue weighted by Crippen LogP contribution is -2.22. The van der Waals surface area contributed by atoms with Crippen LogP contribution in [0, 0.1) is 6.92 Å². The Morgan fingerprint density at radius 1 is 0.955 bits per heavy atom. The molecule has 1 aliphatic carbocycles. The maximum Gasteiger partial charge on any atom is 0.194 e. The molecule has 0 amide bonds. The van der Waals surface area contributed by atoms with E-state index in [-0.39, 0.29) is 17.7 Å². The molecule has 3 nitrogen and oxygen atoms in total. The lowest BCUT2D eigenvalue weighted by atomic mass is 9.80. The molecule has 1 N–H and O–H groups in total. The van der Waals surface area contributed by atoms with Gasteiger partial charge in [0.05, 0.1) is 6.10 Å². The molecule has 0 aliphatic heterocycles. The van der Waals surface area contributed by atoms with Gasteiger partial charge in [0.15, 0.2) is 11.6 Å². The fourth-order valence-corrected chi connectivity index (χ4v) is 3.03. The van der Waals surface area contributed by atoms with Crippen LogP contribution in [0.3, 0.4) is 0 Å². The predicted molar refractivity (Wildman–Crippen MR) is 84.5 cm³/mol. The van der Waals surface area contributed by atoms with E-state index in [2.05, 4.69) is 0 Å². The Hall–Kier alpha value is -2.26. The fraction of sp³-hybridized carbons (Fsp3) is 0.263. The number of hydrogen-bond acceptors (Lipinski definition) is 3. The largest absolute Gasteiger partial charge is 0.393 e. The Morgan fingerprint density at radius 2 is 1.59 bits per heavy atom. The van der Waals surface area contributed by atoms with E-state index in [4.69, 9.17) is 0 Å². The Morgan fingerprint density at radius 3 is 2.23 bits per heavy atom. The Balaban J connectivity index is 2.11. The van der Waals surface area contributed by atoms with Crippen LogP contribution in [0.4, 0.5) is 0 Å². The zero-order chi connectivity index (χ0) is 15.9. The minimum absolute atomic E-state index is 0.0819. The normalized spacial score (nSPS) is 14.5. The summed E-state index contributed by atoms with van der Waals surface area (Å²) < 4.78 is 0. The van der Waals surface area contributed by atoms with Crippen LogP contribution < -0.4 is 0 Å². The third kappa shape index (κ3) is 2.28. The van der Waals surface area contributed by atoms with Crippen LogP contribution in [0.1, 0.15) is 56.3 Å². The van der Waals surface area contributed by atoms with Gasteiger partial charge in [-0.3, -0.25) is 9.59 Å². The SMILES string of the molecule is Cc1c(CCC(C)O)ccc2c1C(=O)c1ccccc1C2=O. The van der Waals surface area contributed by atoms with Gasteiger partial charge in [-0.25, -0.2) is 0 Å². The summed E-state index contributed by atoms with van der Waals surface area (Å²) in [6.07, 6.45) is 0.951. The maximum absolute atomic E-state index is 12.8. The van der Waals surface area contributed by atoms with Crippen LogP contribution in [0.5, 0.6) is 0 Å². The molecule has 1 unspecified atom stereocenters. The number of aryl methyl sites for hydroxylation is 1. The van der Waals surface area contributed by atoms with Gasteiger partial charge in [0.25, 0.3) is 0 Å². The van der Waals surface area contributed by atoms with Crippen LogP contribution in [0.15, 0.2) is 36.4 Å². The summed E-state index contributed by atoms with van der Waals surface area (Å²) in [5.41, 5.74) is 3.84. The van der Waals surface area contributed by atoms with Crippen LogP contribution in [-0.4, -0.2) is 22.8 Å². The van der Waals surface area contributed by atoms with Crippen molar-refractivity contribution in [1.82, 2.24) is 0 Å². The van der Waals surface area contributed by atoms with Crippen LogP contribution in [-0.2, 0) is 6.42 Å². The van der Waals surface area contributed by atoms with Gasteiger partial charge in [0.2, 0.25) is 0 Å². The third-order valence-electron chi connectivity index (χ3n) is 4.30. The van der Waals surface area contributed by atoms with Crippen LogP contribution in [0.2, 0.25) is 0 Å². The molecule has 0 radical (unpaired) electrons. The second-order valence-corrected chi connectivity index (χ2v) is 5.86. The van der Waals surface area contributed by atoms with E-state index < -0.39 is 0 Å². The molecule has 112 valence electrons. The van der Waals surface area contributed by atoms with Gasteiger partial charge in [0.1, 0.15) is 0 Å². The highest BCUT2D eigenvalue weighted by molar-refractivity contribution is 6.28. The molecule has 0 saturated carbocycles. The van der Waals surface area contributed by atoms with Crippen LogP contribution >= 0.6 is 0 Å². The maximum atomic E-state index is 12.8. The molecular weight excluding hydrogens is 276 g/mol. The van der Waals surface area contributed by atoms with Gasteiger partial charge in [-0.15, -0.1) is 0 Å². The van der Waals surface area contributed by atoms with Crippen molar-refractivity contribution < 1.29 is 14.7 Å². The zero-order valence-electron chi connectivity index (χ0n) is 12.7. The first-order valence-corrected chi connectivity index (χ1v) is 7.49. The van der Waals surface area contributed by atoms with Gasteiger partial charge in [-0.2, -0.15) is 0 Å². The lowest BCUT2D eigenvalue weighted by Gasteiger charge is -2.21. The standard InChI is InChI=1S/C19H18O3/c1-11(20)7-8-13-9-10-16-17(12(13)2)19(22)15-6-4-3-5-14(15)18(16)21/h3-6,9-11,20H,7-8H2,1-2H3. The second-order valence-electron chi connectivity index (χ2n) is 5.86. The monoisotopic (exact) mass is 294 g/mol. The minimum atomic E-state index is -0.381. The quantitative estimate of drug-likeness (QED) is 0.807. The second kappa shape index (κ2) is 5.50. The third-order valence-corrected chi connectivity index (χ3v) is 4.30. The van der Waals surface area contributed by atoms with Gasteiger partial charge in [-0.05, 0) is 43.9 Å². The van der Waals surface area contributed by atoms with E-state index in [1.165, 1.54) is 0 Å². The summed E-state index contributed by atoms with van der Waals surface area (Å²) in [6.45, 7) is 3.63. The molecule has 1 aliphatic rings. The number of carbonyl (C=O) groups is 2. The van der Waals surface area contributed by atoms with Gasteiger partial charge < -0.3 is 5.11 Å². The van der Waals surface area contributed by atoms with E-state index in [1.54, 1.807) is 37.3 Å². The first-order chi connectivity index (χ1) is 10.5. The molecular formula is C19H18O3. The summed E-state index contributed by atoms with van der Waals surface area (Å²) in [6, 6.07) is 10.6. The number of benzene rings is 2. The van der Waals surface area contributed by atoms with E-state index in [0.29, 0.717) is 35.1 Å².